The molecule has 0 atom stereocenters. The van der Waals surface area contributed by atoms with Crippen molar-refractivity contribution in [3.8, 4) is 0 Å². The molecule has 0 aliphatic heterocycles. The Morgan fingerprint density at radius 2 is 0.735 bits per heavy atom. The van der Waals surface area contributed by atoms with Gasteiger partial charge in [-0.15, -0.1) is 0 Å². The molecule has 0 spiro atoms. The molecule has 0 saturated carbocycles. The SMILES string of the molecule is CCCCCCCC/C=C\CCCCCCCC(=O)C(C(=O)CCCCCCC/C=C\CCCCCCCC)C(NC)(NC)C(NC)NC. The standard InChI is InChI=1S/C43H84N4O2/c1-7-9-11-13-15-17-19-21-23-25-27-29-31-33-35-37-39(48)41(43(46-5,47-6)42(44-3)45-4)40(49)38-36-34-32-30-28-26-24-22-20-18-16-14-12-10-8-2/h21-24,41-42,44-47H,7-20,25-38H2,1-6H3/b23-21-,24-22-. The van der Waals surface area contributed by atoms with Gasteiger partial charge in [0.1, 0.15) is 23.1 Å². The van der Waals surface area contributed by atoms with Crippen molar-refractivity contribution >= 4 is 11.6 Å². The molecule has 0 radical (unpaired) electrons. The summed E-state index contributed by atoms with van der Waals surface area (Å²) >= 11 is 0. The maximum Gasteiger partial charge on any atom is 0.146 e. The van der Waals surface area contributed by atoms with E-state index in [1.54, 1.807) is 0 Å². The van der Waals surface area contributed by atoms with Crippen LogP contribution in [0.2, 0.25) is 0 Å². The van der Waals surface area contributed by atoms with E-state index >= 15 is 0 Å². The molecule has 0 aliphatic carbocycles. The number of hydrogen-bond donors (Lipinski definition) is 4. The van der Waals surface area contributed by atoms with Crippen LogP contribution in [0.5, 0.6) is 0 Å². The highest BCUT2D eigenvalue weighted by atomic mass is 16.2. The van der Waals surface area contributed by atoms with Crippen LogP contribution in [0.1, 0.15) is 194 Å². The second kappa shape index (κ2) is 35.1. The molecule has 0 aromatic carbocycles. The molecule has 6 nitrogen and oxygen atoms in total. The number of unbranched alkanes of at least 4 members (excludes halogenated alkanes) is 22. The van der Waals surface area contributed by atoms with Crippen LogP contribution in [0.25, 0.3) is 0 Å². The molecule has 288 valence electrons. The molecule has 0 saturated heterocycles. The molecule has 0 heterocycles. The van der Waals surface area contributed by atoms with Crippen LogP contribution in [0.15, 0.2) is 24.3 Å². The van der Waals surface area contributed by atoms with Crippen LogP contribution in [-0.4, -0.2) is 51.6 Å². The van der Waals surface area contributed by atoms with E-state index in [9.17, 15) is 9.59 Å². The number of rotatable bonds is 38. The lowest BCUT2D eigenvalue weighted by Crippen LogP contribution is -2.75. The third-order valence-corrected chi connectivity index (χ3v) is 10.3. The lowest BCUT2D eigenvalue weighted by Gasteiger charge is -2.44. The van der Waals surface area contributed by atoms with Gasteiger partial charge in [0.2, 0.25) is 0 Å². The lowest BCUT2D eigenvalue weighted by molar-refractivity contribution is -0.138. The molecule has 0 fully saturated rings. The highest BCUT2D eigenvalue weighted by Crippen LogP contribution is 2.25. The van der Waals surface area contributed by atoms with E-state index in [0.29, 0.717) is 12.8 Å². The van der Waals surface area contributed by atoms with Gasteiger partial charge in [0, 0.05) is 12.8 Å². The van der Waals surface area contributed by atoms with Gasteiger partial charge in [0.15, 0.2) is 0 Å². The van der Waals surface area contributed by atoms with Gasteiger partial charge in [-0.05, 0) is 92.4 Å². The van der Waals surface area contributed by atoms with E-state index in [2.05, 4.69) is 59.4 Å². The smallest absolute Gasteiger partial charge is 0.146 e. The predicted molar refractivity (Wildman–Crippen MR) is 215 cm³/mol. The largest absolute Gasteiger partial charge is 0.302 e. The average Bonchev–Trinajstić information content (AvgIpc) is 3.11. The topological polar surface area (TPSA) is 82.3 Å². The monoisotopic (exact) mass is 689 g/mol. The molecule has 49 heavy (non-hydrogen) atoms. The average molecular weight is 689 g/mol. The number of hydrogen-bond acceptors (Lipinski definition) is 6. The molecule has 0 unspecified atom stereocenters. The summed E-state index contributed by atoms with van der Waals surface area (Å²) in [7, 11) is 7.42. The first-order valence-electron chi connectivity index (χ1n) is 21.1. The number of likely N-dealkylation sites (N-methyl/N-ethyl adjacent to an activating group) is 4. The summed E-state index contributed by atoms with van der Waals surface area (Å²) < 4.78 is 0. The third-order valence-electron chi connectivity index (χ3n) is 10.3. The molecule has 6 heteroatoms. The zero-order valence-corrected chi connectivity index (χ0v) is 33.6. The number of nitrogens with one attached hydrogen (secondary N) is 4. The molecule has 0 aliphatic rings. The molecular formula is C43H84N4O2. The fourth-order valence-corrected chi connectivity index (χ4v) is 7.18. The molecule has 4 N–H and O–H groups in total. The quantitative estimate of drug-likeness (QED) is 0.0224. The van der Waals surface area contributed by atoms with Gasteiger partial charge >= 0.3 is 0 Å². The Morgan fingerprint density at radius 1 is 0.449 bits per heavy atom. The van der Waals surface area contributed by atoms with Crippen molar-refractivity contribution in [1.82, 2.24) is 21.3 Å². The van der Waals surface area contributed by atoms with E-state index in [-0.39, 0.29) is 17.7 Å². The van der Waals surface area contributed by atoms with Gasteiger partial charge in [-0.2, -0.15) is 0 Å². The van der Waals surface area contributed by atoms with Gasteiger partial charge in [-0.25, -0.2) is 0 Å². The summed E-state index contributed by atoms with van der Waals surface area (Å²) in [4.78, 5) is 27.6. The van der Waals surface area contributed by atoms with E-state index in [4.69, 9.17) is 0 Å². The van der Waals surface area contributed by atoms with Crippen LogP contribution in [0, 0.1) is 5.92 Å². The first-order chi connectivity index (χ1) is 24.0. The van der Waals surface area contributed by atoms with E-state index in [1.807, 2.05) is 28.2 Å². The van der Waals surface area contributed by atoms with E-state index in [1.165, 1.54) is 116 Å². The van der Waals surface area contributed by atoms with Crippen LogP contribution in [0.4, 0.5) is 0 Å². The summed E-state index contributed by atoms with van der Waals surface area (Å²) in [5, 5.41) is 13.2. The van der Waals surface area contributed by atoms with Gasteiger partial charge in [0.05, 0.1) is 6.17 Å². The fourth-order valence-electron chi connectivity index (χ4n) is 7.18. The zero-order valence-electron chi connectivity index (χ0n) is 33.6. The number of ketones is 2. The molecule has 0 bridgehead atoms. The highest BCUT2D eigenvalue weighted by molar-refractivity contribution is 6.04. The number of allylic oxidation sites excluding steroid dienone is 4. The van der Waals surface area contributed by atoms with Crippen molar-refractivity contribution in [1.29, 1.82) is 0 Å². The van der Waals surface area contributed by atoms with E-state index < -0.39 is 11.6 Å². The van der Waals surface area contributed by atoms with E-state index in [0.717, 1.165) is 51.4 Å². The minimum atomic E-state index is -0.901. The minimum Gasteiger partial charge on any atom is -0.302 e. The maximum absolute atomic E-state index is 13.8. The number of carbonyl (C=O) groups excluding carboxylic acids is 2. The summed E-state index contributed by atoms with van der Waals surface area (Å²) in [5.74, 6) is -0.648. The lowest BCUT2D eigenvalue weighted by atomic mass is 9.79. The third kappa shape index (κ3) is 23.7. The Morgan fingerprint density at radius 3 is 1.02 bits per heavy atom. The summed E-state index contributed by atoms with van der Waals surface area (Å²) in [5.41, 5.74) is -0.901. The molecule has 0 rings (SSSR count). The van der Waals surface area contributed by atoms with Gasteiger partial charge in [-0.3, -0.25) is 20.2 Å². The van der Waals surface area contributed by atoms with Gasteiger partial charge in [0.25, 0.3) is 0 Å². The Bertz CT molecular complexity index is 752. The second-order valence-electron chi connectivity index (χ2n) is 14.4. The van der Waals surface area contributed by atoms with Crippen LogP contribution in [-0.2, 0) is 9.59 Å². The predicted octanol–water partition coefficient (Wildman–Crippen LogP) is 10.7. The normalized spacial score (nSPS) is 12.4. The van der Waals surface area contributed by atoms with Crippen LogP contribution < -0.4 is 21.3 Å². The van der Waals surface area contributed by atoms with Crippen molar-refractivity contribution in [3.63, 3.8) is 0 Å². The summed E-state index contributed by atoms with van der Waals surface area (Å²) in [6.07, 6.45) is 42.0. The van der Waals surface area contributed by atoms with Crippen molar-refractivity contribution in [3.05, 3.63) is 24.3 Å². The van der Waals surface area contributed by atoms with Crippen LogP contribution in [0.3, 0.4) is 0 Å². The Hall–Kier alpha value is -1.34. The van der Waals surface area contributed by atoms with Crippen molar-refractivity contribution < 1.29 is 9.59 Å². The van der Waals surface area contributed by atoms with Crippen molar-refractivity contribution in [2.24, 2.45) is 5.92 Å². The molecule has 0 aromatic heterocycles. The van der Waals surface area contributed by atoms with Crippen molar-refractivity contribution in [2.75, 3.05) is 28.2 Å². The first kappa shape index (κ1) is 47.7. The number of Topliss-reactive ketones (excluding diaryl/α,β-unsaturated/α-hetero) is 2. The van der Waals surface area contributed by atoms with Gasteiger partial charge < -0.3 is 10.6 Å². The van der Waals surface area contributed by atoms with Crippen LogP contribution >= 0.6 is 0 Å². The maximum atomic E-state index is 13.8. The first-order valence-corrected chi connectivity index (χ1v) is 21.1. The minimum absolute atomic E-state index is 0.0505. The summed E-state index contributed by atoms with van der Waals surface area (Å²) in [6.45, 7) is 4.54. The van der Waals surface area contributed by atoms with Gasteiger partial charge in [-0.1, -0.05) is 141 Å². The highest BCUT2D eigenvalue weighted by Gasteiger charge is 2.49. The molecule has 0 aromatic rings. The molecular weight excluding hydrogens is 604 g/mol. The molecule has 0 amide bonds. The summed E-state index contributed by atoms with van der Waals surface area (Å²) in [6, 6.07) is 0. The second-order valence-corrected chi connectivity index (χ2v) is 14.4. The fraction of sp³-hybridized carbons (Fsp3) is 0.860. The Balaban J connectivity index is 4.59. The number of carbonyl (C=O) groups is 2. The zero-order chi connectivity index (χ0) is 36.3. The van der Waals surface area contributed by atoms with Crippen molar-refractivity contribution in [2.45, 2.75) is 205 Å². The Kier molecular flexibility index (Phi) is 34.1. The Labute approximate surface area is 305 Å².